The first-order valence-corrected chi connectivity index (χ1v) is 7.83. The van der Waals surface area contributed by atoms with Crippen molar-refractivity contribution in [1.82, 2.24) is 15.2 Å². The molecule has 128 valence electrons. The summed E-state index contributed by atoms with van der Waals surface area (Å²) in [7, 11) is 2.00. The maximum absolute atomic E-state index is 11.9. The molecule has 0 saturated carbocycles. The summed E-state index contributed by atoms with van der Waals surface area (Å²) in [6.07, 6.45) is 3.72. The van der Waals surface area contributed by atoms with Crippen LogP contribution < -0.4 is 10.6 Å². The highest BCUT2D eigenvalue weighted by Gasteiger charge is 2.09. The number of carbonyl (C=O) groups excluding carboxylic acids is 1. The number of carbonyl (C=O) groups is 1. The van der Waals surface area contributed by atoms with Crippen molar-refractivity contribution in [2.24, 2.45) is 7.05 Å². The van der Waals surface area contributed by atoms with E-state index in [4.69, 9.17) is 0 Å². The molecule has 1 aromatic carbocycles. The molecule has 0 fully saturated rings. The molecule has 0 unspecified atom stereocenters. The summed E-state index contributed by atoms with van der Waals surface area (Å²) in [6.45, 7) is 2.20. The molecule has 1 atom stereocenters. The Kier molecular flexibility index (Phi) is 5.95. The minimum Gasteiger partial charge on any atom is -0.354 e. The van der Waals surface area contributed by atoms with E-state index in [1.807, 2.05) is 26.2 Å². The zero-order chi connectivity index (χ0) is 17.5. The number of hydrogen-bond donors (Lipinski definition) is 2. The Labute approximate surface area is 140 Å². The molecule has 2 rings (SSSR count). The van der Waals surface area contributed by atoms with Crippen molar-refractivity contribution in [1.29, 1.82) is 0 Å². The number of hydrogen-bond acceptors (Lipinski definition) is 3. The van der Waals surface area contributed by atoms with E-state index in [-0.39, 0.29) is 24.3 Å². The van der Waals surface area contributed by atoms with Crippen LogP contribution in [0, 0.1) is 10.1 Å². The molecule has 2 aromatic rings. The summed E-state index contributed by atoms with van der Waals surface area (Å²) in [6, 6.07) is 10.1. The first-order chi connectivity index (χ1) is 11.5. The van der Waals surface area contributed by atoms with Crippen LogP contribution in [0.5, 0.6) is 0 Å². The Bertz CT molecular complexity index is 711. The summed E-state index contributed by atoms with van der Waals surface area (Å²) in [5.41, 5.74) is 1.93. The fraction of sp³-hybridized carbons (Fsp3) is 0.353. The minimum absolute atomic E-state index is 0.0191. The van der Waals surface area contributed by atoms with Crippen molar-refractivity contribution < 1.29 is 9.72 Å². The average molecular weight is 330 g/mol. The van der Waals surface area contributed by atoms with Gasteiger partial charge in [-0.05, 0) is 37.5 Å². The van der Waals surface area contributed by atoms with Gasteiger partial charge in [0.05, 0.1) is 4.92 Å². The first kappa shape index (κ1) is 17.5. The van der Waals surface area contributed by atoms with Gasteiger partial charge in [0, 0.05) is 43.7 Å². The van der Waals surface area contributed by atoms with Crippen LogP contribution in [0.1, 0.15) is 24.6 Å². The van der Waals surface area contributed by atoms with E-state index in [1.54, 1.807) is 12.1 Å². The van der Waals surface area contributed by atoms with E-state index in [1.165, 1.54) is 17.8 Å². The van der Waals surface area contributed by atoms with Gasteiger partial charge < -0.3 is 15.2 Å². The lowest BCUT2D eigenvalue weighted by Gasteiger charge is -2.15. The van der Waals surface area contributed by atoms with Gasteiger partial charge in [-0.15, -0.1) is 0 Å². The second-order valence-corrected chi connectivity index (χ2v) is 5.80. The van der Waals surface area contributed by atoms with E-state index in [2.05, 4.69) is 21.3 Å². The lowest BCUT2D eigenvalue weighted by molar-refractivity contribution is -0.384. The zero-order valence-corrected chi connectivity index (χ0v) is 13.9. The van der Waals surface area contributed by atoms with Crippen LogP contribution in [0.2, 0.25) is 0 Å². The van der Waals surface area contributed by atoms with Gasteiger partial charge in [-0.2, -0.15) is 0 Å². The quantitative estimate of drug-likeness (QED) is 0.604. The van der Waals surface area contributed by atoms with Gasteiger partial charge >= 0.3 is 6.03 Å². The second kappa shape index (κ2) is 8.14. The monoisotopic (exact) mass is 330 g/mol. The molecule has 1 heterocycles. The van der Waals surface area contributed by atoms with Gasteiger partial charge in [0.2, 0.25) is 0 Å². The van der Waals surface area contributed by atoms with Gasteiger partial charge in [0.25, 0.3) is 5.69 Å². The van der Waals surface area contributed by atoms with Crippen molar-refractivity contribution in [3.8, 4) is 0 Å². The van der Waals surface area contributed by atoms with Gasteiger partial charge in [-0.1, -0.05) is 12.1 Å². The summed E-state index contributed by atoms with van der Waals surface area (Å²) >= 11 is 0. The molecule has 0 radical (unpaired) electrons. The average Bonchev–Trinajstić information content (AvgIpc) is 2.96. The molecule has 1 aromatic heterocycles. The molecule has 7 nitrogen and oxygen atoms in total. The maximum Gasteiger partial charge on any atom is 0.315 e. The van der Waals surface area contributed by atoms with E-state index in [0.29, 0.717) is 5.56 Å². The Morgan fingerprint density at radius 1 is 1.33 bits per heavy atom. The third-order valence-corrected chi connectivity index (χ3v) is 3.84. The molecule has 2 N–H and O–H groups in total. The Morgan fingerprint density at radius 2 is 2.12 bits per heavy atom. The van der Waals surface area contributed by atoms with Gasteiger partial charge in [0.1, 0.15) is 0 Å². The number of aromatic nitrogens is 1. The van der Waals surface area contributed by atoms with Crippen LogP contribution in [0.25, 0.3) is 0 Å². The van der Waals surface area contributed by atoms with Gasteiger partial charge in [0.15, 0.2) is 0 Å². The zero-order valence-electron chi connectivity index (χ0n) is 13.9. The van der Waals surface area contributed by atoms with E-state index < -0.39 is 4.92 Å². The third-order valence-electron chi connectivity index (χ3n) is 3.84. The maximum atomic E-state index is 11.9. The summed E-state index contributed by atoms with van der Waals surface area (Å²) in [5, 5.41) is 16.3. The number of rotatable bonds is 7. The predicted octanol–water partition coefficient (Wildman–Crippen LogP) is 2.75. The minimum atomic E-state index is -0.449. The molecule has 0 spiro atoms. The Balaban J connectivity index is 1.75. The molecule has 0 aliphatic heterocycles. The summed E-state index contributed by atoms with van der Waals surface area (Å²) in [4.78, 5) is 22.2. The molecular weight excluding hydrogens is 308 g/mol. The Morgan fingerprint density at radius 3 is 2.79 bits per heavy atom. The van der Waals surface area contributed by atoms with Crippen molar-refractivity contribution in [3.63, 3.8) is 0 Å². The third kappa shape index (κ3) is 5.12. The molecular formula is C17H22N4O3. The predicted molar refractivity (Wildman–Crippen MR) is 91.7 cm³/mol. The molecule has 7 heteroatoms. The number of aryl methyl sites for hydroxylation is 2. The number of urea groups is 1. The lowest BCUT2D eigenvalue weighted by atomic mass is 10.1. The largest absolute Gasteiger partial charge is 0.354 e. The van der Waals surface area contributed by atoms with E-state index in [9.17, 15) is 14.9 Å². The standard InChI is InChI=1S/C17H22N4O3/c1-13(8-9-15-7-4-10-20(15)2)19-17(22)18-12-14-5-3-6-16(11-14)21(23)24/h3-7,10-11,13H,8-9,12H2,1-2H3,(H2,18,19,22)/t13-/m0/s1. The van der Waals surface area contributed by atoms with Crippen LogP contribution in [0.15, 0.2) is 42.6 Å². The van der Waals surface area contributed by atoms with Crippen molar-refractivity contribution in [3.05, 3.63) is 64.0 Å². The van der Waals surface area contributed by atoms with E-state index >= 15 is 0 Å². The number of non-ortho nitro benzene ring substituents is 1. The SMILES string of the molecule is C[C@@H](CCc1cccn1C)NC(=O)NCc1cccc([N+](=O)[O-])c1. The van der Waals surface area contributed by atoms with Crippen LogP contribution >= 0.6 is 0 Å². The molecule has 24 heavy (non-hydrogen) atoms. The normalized spacial score (nSPS) is 11.8. The van der Waals surface area contributed by atoms with E-state index in [0.717, 1.165) is 12.8 Å². The van der Waals surface area contributed by atoms with Crippen LogP contribution in [-0.2, 0) is 20.0 Å². The highest BCUT2D eigenvalue weighted by molar-refractivity contribution is 5.74. The highest BCUT2D eigenvalue weighted by atomic mass is 16.6. The second-order valence-electron chi connectivity index (χ2n) is 5.80. The van der Waals surface area contributed by atoms with Gasteiger partial charge in [-0.3, -0.25) is 10.1 Å². The van der Waals surface area contributed by atoms with Gasteiger partial charge in [-0.25, -0.2) is 4.79 Å². The molecule has 0 saturated heterocycles. The summed E-state index contributed by atoms with van der Waals surface area (Å²) < 4.78 is 2.06. The number of nitrogens with one attached hydrogen (secondary N) is 2. The van der Waals surface area contributed by atoms with Crippen molar-refractivity contribution >= 4 is 11.7 Å². The topological polar surface area (TPSA) is 89.2 Å². The molecule has 0 bridgehead atoms. The van der Waals surface area contributed by atoms with Crippen LogP contribution in [0.3, 0.4) is 0 Å². The molecule has 0 aliphatic rings. The summed E-state index contributed by atoms with van der Waals surface area (Å²) in [5.74, 6) is 0. The first-order valence-electron chi connectivity index (χ1n) is 7.83. The number of nitro benzene ring substituents is 1. The number of nitrogens with zero attached hydrogens (tertiary/aromatic N) is 2. The van der Waals surface area contributed by atoms with Crippen molar-refractivity contribution in [2.75, 3.05) is 0 Å². The molecule has 2 amide bonds. The molecule has 0 aliphatic carbocycles. The Hall–Kier alpha value is -2.83. The number of amides is 2. The van der Waals surface area contributed by atoms with Crippen LogP contribution in [-0.4, -0.2) is 21.6 Å². The number of nitro groups is 1. The van der Waals surface area contributed by atoms with Crippen molar-refractivity contribution in [2.45, 2.75) is 32.4 Å². The lowest BCUT2D eigenvalue weighted by Crippen LogP contribution is -2.40. The fourth-order valence-corrected chi connectivity index (χ4v) is 2.43. The van der Waals surface area contributed by atoms with Crippen LogP contribution in [0.4, 0.5) is 10.5 Å². The highest BCUT2D eigenvalue weighted by Crippen LogP contribution is 2.12. The fourth-order valence-electron chi connectivity index (χ4n) is 2.43. The number of benzene rings is 1. The smallest absolute Gasteiger partial charge is 0.315 e.